The van der Waals surface area contributed by atoms with E-state index < -0.39 is 0 Å². The van der Waals surface area contributed by atoms with Gasteiger partial charge in [0.25, 0.3) is 0 Å². The van der Waals surface area contributed by atoms with Gasteiger partial charge in [-0.1, -0.05) is 6.92 Å². The third kappa shape index (κ3) is 3.31. The normalized spacial score (nSPS) is 12.2. The molecular weight excluding hydrogens is 324 g/mol. The van der Waals surface area contributed by atoms with Crippen LogP contribution >= 0.6 is 0 Å². The predicted octanol–water partition coefficient (Wildman–Crippen LogP) is 1.39. The second-order valence-corrected chi connectivity index (χ2v) is 5.34. The van der Waals surface area contributed by atoms with Crippen molar-refractivity contribution in [1.29, 1.82) is 0 Å². The molecule has 0 spiro atoms. The quantitative estimate of drug-likeness (QED) is 0.662. The summed E-state index contributed by atoms with van der Waals surface area (Å²) in [5, 5.41) is 17.1. The van der Waals surface area contributed by atoms with Crippen molar-refractivity contribution in [2.75, 3.05) is 26.1 Å². The molecule has 0 aliphatic heterocycles. The van der Waals surface area contributed by atoms with Crippen molar-refractivity contribution < 1.29 is 14.6 Å². The number of hydrogen-bond acceptors (Lipinski definition) is 8. The molecule has 0 radical (unpaired) electrons. The first-order valence-electron chi connectivity index (χ1n) is 7.87. The minimum Gasteiger partial charge on any atom is -0.480 e. The lowest BCUT2D eigenvalue weighted by atomic mass is 10.2. The van der Waals surface area contributed by atoms with Gasteiger partial charge in [0, 0.05) is 6.20 Å². The number of aliphatic hydroxyl groups excluding tert-OH is 1. The van der Waals surface area contributed by atoms with Gasteiger partial charge in [-0.05, 0) is 18.6 Å². The Labute approximate surface area is 144 Å². The molecule has 25 heavy (non-hydrogen) atoms. The molecule has 2 N–H and O–H groups in total. The Bertz CT molecular complexity index is 862. The van der Waals surface area contributed by atoms with Gasteiger partial charge in [-0.2, -0.15) is 4.98 Å². The fourth-order valence-corrected chi connectivity index (χ4v) is 2.40. The van der Waals surface area contributed by atoms with E-state index in [4.69, 9.17) is 9.47 Å². The van der Waals surface area contributed by atoms with Crippen LogP contribution in [-0.4, -0.2) is 56.5 Å². The Balaban J connectivity index is 2.05. The van der Waals surface area contributed by atoms with E-state index in [2.05, 4.69) is 25.4 Å². The van der Waals surface area contributed by atoms with Crippen molar-refractivity contribution in [1.82, 2.24) is 24.6 Å². The maximum Gasteiger partial charge on any atom is 0.319 e. The highest BCUT2D eigenvalue weighted by Gasteiger charge is 2.16. The minimum absolute atomic E-state index is 0.0349. The van der Waals surface area contributed by atoms with Crippen molar-refractivity contribution in [3.05, 3.63) is 24.5 Å². The van der Waals surface area contributed by atoms with Crippen LogP contribution in [0.15, 0.2) is 24.5 Å². The van der Waals surface area contributed by atoms with Crippen molar-refractivity contribution >= 4 is 11.5 Å². The highest BCUT2D eigenvalue weighted by atomic mass is 16.5. The van der Waals surface area contributed by atoms with Gasteiger partial charge in [0.1, 0.15) is 5.82 Å². The Hall–Kier alpha value is -2.94. The molecular formula is C16H20N6O3. The Morgan fingerprint density at radius 1 is 1.20 bits per heavy atom. The molecule has 3 aromatic heterocycles. The Morgan fingerprint density at radius 2 is 2.04 bits per heavy atom. The average Bonchev–Trinajstić information content (AvgIpc) is 3.08. The summed E-state index contributed by atoms with van der Waals surface area (Å²) in [6.07, 6.45) is 4.08. The van der Waals surface area contributed by atoms with Gasteiger partial charge in [0.05, 0.1) is 44.3 Å². The highest BCUT2D eigenvalue weighted by Crippen LogP contribution is 2.29. The molecule has 132 valence electrons. The van der Waals surface area contributed by atoms with E-state index in [9.17, 15) is 5.11 Å². The molecule has 3 rings (SSSR count). The third-order valence-corrected chi connectivity index (χ3v) is 3.81. The number of methoxy groups -OCH3 is 2. The molecule has 0 amide bonds. The van der Waals surface area contributed by atoms with Gasteiger partial charge in [-0.3, -0.25) is 0 Å². The van der Waals surface area contributed by atoms with Crippen molar-refractivity contribution in [3.63, 3.8) is 0 Å². The summed E-state index contributed by atoms with van der Waals surface area (Å²) < 4.78 is 12.1. The maximum atomic E-state index is 9.36. The molecule has 0 aliphatic carbocycles. The number of fused-ring (bicyclic) bond motifs is 1. The number of ether oxygens (including phenoxy) is 2. The summed E-state index contributed by atoms with van der Waals surface area (Å²) in [5.41, 5.74) is 2.01. The smallest absolute Gasteiger partial charge is 0.319 e. The van der Waals surface area contributed by atoms with Crippen LogP contribution in [0.3, 0.4) is 0 Å². The SMILES string of the molecule is CCC(CO)Nc1ccc2ncc(-c3cnc(OC)nc3OC)n2n1. The molecule has 9 nitrogen and oxygen atoms in total. The highest BCUT2D eigenvalue weighted by molar-refractivity contribution is 5.67. The Kier molecular flexibility index (Phi) is 4.94. The van der Waals surface area contributed by atoms with Gasteiger partial charge in [-0.25, -0.2) is 14.5 Å². The zero-order valence-electron chi connectivity index (χ0n) is 14.3. The molecule has 0 saturated carbocycles. The first-order chi connectivity index (χ1) is 12.2. The molecule has 0 fully saturated rings. The van der Waals surface area contributed by atoms with Crippen LogP contribution in [0.2, 0.25) is 0 Å². The first kappa shape index (κ1) is 16.9. The van der Waals surface area contributed by atoms with Crippen LogP contribution in [0, 0.1) is 0 Å². The summed E-state index contributed by atoms with van der Waals surface area (Å²) in [4.78, 5) is 12.7. The van der Waals surface area contributed by atoms with Crippen molar-refractivity contribution in [2.45, 2.75) is 19.4 Å². The molecule has 3 aromatic rings. The van der Waals surface area contributed by atoms with E-state index in [0.29, 0.717) is 28.6 Å². The van der Waals surface area contributed by atoms with Crippen molar-refractivity contribution in [2.24, 2.45) is 0 Å². The second kappa shape index (κ2) is 7.31. The second-order valence-electron chi connectivity index (χ2n) is 5.34. The molecule has 3 heterocycles. The third-order valence-electron chi connectivity index (χ3n) is 3.81. The fourth-order valence-electron chi connectivity index (χ4n) is 2.40. The molecule has 1 unspecified atom stereocenters. The molecule has 0 aromatic carbocycles. The zero-order chi connectivity index (χ0) is 17.8. The number of aromatic nitrogens is 5. The van der Waals surface area contributed by atoms with Gasteiger partial charge in [0.2, 0.25) is 5.88 Å². The molecule has 9 heteroatoms. The van der Waals surface area contributed by atoms with Crippen LogP contribution in [0.25, 0.3) is 16.9 Å². The average molecular weight is 344 g/mol. The predicted molar refractivity (Wildman–Crippen MR) is 91.9 cm³/mol. The van der Waals surface area contributed by atoms with E-state index in [1.165, 1.54) is 14.2 Å². The van der Waals surface area contributed by atoms with Crippen LogP contribution in [0.5, 0.6) is 11.9 Å². The molecule has 0 saturated heterocycles. The molecule has 0 aliphatic rings. The number of imidazole rings is 1. The topological polar surface area (TPSA) is 107 Å². The molecule has 0 bridgehead atoms. The van der Waals surface area contributed by atoms with E-state index in [1.807, 2.05) is 19.1 Å². The minimum atomic E-state index is -0.0595. The number of hydrogen-bond donors (Lipinski definition) is 2. The lowest BCUT2D eigenvalue weighted by molar-refractivity contribution is 0.271. The molecule has 1 atom stereocenters. The largest absolute Gasteiger partial charge is 0.480 e. The summed E-state index contributed by atoms with van der Waals surface area (Å²) in [6.45, 7) is 2.03. The van der Waals surface area contributed by atoms with Crippen LogP contribution in [-0.2, 0) is 0 Å². The van der Waals surface area contributed by atoms with E-state index in [1.54, 1.807) is 16.9 Å². The number of anilines is 1. The summed E-state index contributed by atoms with van der Waals surface area (Å²) in [5.74, 6) is 1.01. The number of nitrogens with zero attached hydrogens (tertiary/aromatic N) is 5. The van der Waals surface area contributed by atoms with Gasteiger partial charge < -0.3 is 19.9 Å². The Morgan fingerprint density at radius 3 is 2.72 bits per heavy atom. The number of aliphatic hydroxyl groups is 1. The van der Waals surface area contributed by atoms with E-state index in [0.717, 1.165) is 6.42 Å². The van der Waals surface area contributed by atoms with E-state index in [-0.39, 0.29) is 18.7 Å². The lowest BCUT2D eigenvalue weighted by Gasteiger charge is -2.14. The summed E-state index contributed by atoms with van der Waals surface area (Å²) in [7, 11) is 3.02. The number of nitrogens with one attached hydrogen (secondary N) is 1. The van der Waals surface area contributed by atoms with E-state index >= 15 is 0 Å². The van der Waals surface area contributed by atoms with Gasteiger partial charge in [0.15, 0.2) is 5.65 Å². The zero-order valence-corrected chi connectivity index (χ0v) is 14.3. The lowest BCUT2D eigenvalue weighted by Crippen LogP contribution is -2.23. The van der Waals surface area contributed by atoms with Crippen LogP contribution in [0.1, 0.15) is 13.3 Å². The van der Waals surface area contributed by atoms with Crippen LogP contribution < -0.4 is 14.8 Å². The van der Waals surface area contributed by atoms with Crippen molar-refractivity contribution in [3.8, 4) is 23.1 Å². The van der Waals surface area contributed by atoms with Crippen LogP contribution in [0.4, 0.5) is 5.82 Å². The summed E-state index contributed by atoms with van der Waals surface area (Å²) in [6, 6.07) is 3.83. The van der Waals surface area contributed by atoms with Gasteiger partial charge >= 0.3 is 6.01 Å². The number of rotatable bonds is 7. The monoisotopic (exact) mass is 344 g/mol. The first-order valence-corrected chi connectivity index (χ1v) is 7.87. The standard InChI is InChI=1S/C16H20N6O3/c1-4-10(9-23)19-13-5-6-14-17-8-12(22(14)21-13)11-7-18-16(25-3)20-15(11)24-2/h5-8,10,23H,4,9H2,1-3H3,(H,19,21). The fraction of sp³-hybridized carbons (Fsp3) is 0.375. The summed E-state index contributed by atoms with van der Waals surface area (Å²) >= 11 is 0. The maximum absolute atomic E-state index is 9.36. The van der Waals surface area contributed by atoms with Gasteiger partial charge in [-0.15, -0.1) is 5.10 Å².